The van der Waals surface area contributed by atoms with E-state index in [1.165, 1.54) is 0 Å². The highest BCUT2D eigenvalue weighted by atomic mass is 16.2. The Morgan fingerprint density at radius 1 is 1.13 bits per heavy atom. The Morgan fingerprint density at radius 2 is 1.93 bits per heavy atom. The molecule has 1 aliphatic heterocycles. The molecular weight excluding hydrogens is 376 g/mol. The molecule has 6 nitrogen and oxygen atoms in total. The second kappa shape index (κ2) is 8.61. The van der Waals surface area contributed by atoms with Crippen molar-refractivity contribution in [3.05, 3.63) is 71.2 Å². The van der Waals surface area contributed by atoms with Crippen molar-refractivity contribution in [2.75, 3.05) is 13.1 Å². The first-order valence-electron chi connectivity index (χ1n) is 10.3. The average molecular weight is 402 g/mol. The second-order valence-corrected chi connectivity index (χ2v) is 7.96. The van der Waals surface area contributed by atoms with Crippen LogP contribution in [0.3, 0.4) is 0 Å². The molecule has 154 valence electrons. The highest BCUT2D eigenvalue weighted by Crippen LogP contribution is 2.23. The highest BCUT2D eigenvalue weighted by molar-refractivity contribution is 5.98. The molecule has 1 N–H and O–H groups in total. The van der Waals surface area contributed by atoms with Crippen molar-refractivity contribution in [1.29, 1.82) is 0 Å². The topological polar surface area (TPSA) is 75.2 Å². The quantitative estimate of drug-likeness (QED) is 0.726. The molecule has 0 atom stereocenters. The lowest BCUT2D eigenvalue weighted by Gasteiger charge is -2.31. The largest absolute Gasteiger partial charge is 0.352 e. The predicted octanol–water partition coefficient (Wildman–Crippen LogP) is 3.42. The number of benzene rings is 1. The van der Waals surface area contributed by atoms with Crippen LogP contribution in [-0.4, -0.2) is 39.8 Å². The third-order valence-corrected chi connectivity index (χ3v) is 5.73. The number of aryl methyl sites for hydroxylation is 2. The van der Waals surface area contributed by atoms with Crippen molar-refractivity contribution >= 4 is 22.7 Å². The van der Waals surface area contributed by atoms with Crippen LogP contribution in [0, 0.1) is 19.8 Å². The number of aromatic nitrogens is 2. The SMILES string of the molecule is Cc1ccc2nc(C)c(C(=O)N3CCC(C(=O)NCc4cccnc4)CC3)cc2c1. The lowest BCUT2D eigenvalue weighted by Crippen LogP contribution is -2.43. The Bertz CT molecular complexity index is 1070. The fourth-order valence-corrected chi connectivity index (χ4v) is 3.96. The molecule has 6 heteroatoms. The number of hydrogen-bond donors (Lipinski definition) is 1. The molecule has 3 heterocycles. The van der Waals surface area contributed by atoms with Gasteiger partial charge in [0.05, 0.1) is 16.8 Å². The number of likely N-dealkylation sites (tertiary alicyclic amines) is 1. The van der Waals surface area contributed by atoms with E-state index in [0.29, 0.717) is 38.0 Å². The monoisotopic (exact) mass is 402 g/mol. The van der Waals surface area contributed by atoms with Crippen molar-refractivity contribution in [3.8, 4) is 0 Å². The Kier molecular flexibility index (Phi) is 5.74. The molecule has 0 unspecified atom stereocenters. The van der Waals surface area contributed by atoms with Gasteiger partial charge in [-0.3, -0.25) is 19.6 Å². The molecule has 3 aromatic rings. The van der Waals surface area contributed by atoms with Crippen LogP contribution in [0.1, 0.15) is 40.0 Å². The summed E-state index contributed by atoms with van der Waals surface area (Å²) < 4.78 is 0. The van der Waals surface area contributed by atoms with Crippen LogP contribution in [0.15, 0.2) is 48.8 Å². The fourth-order valence-electron chi connectivity index (χ4n) is 3.96. The first kappa shape index (κ1) is 20.0. The minimum atomic E-state index is -0.0656. The van der Waals surface area contributed by atoms with Gasteiger partial charge in [-0.1, -0.05) is 17.7 Å². The van der Waals surface area contributed by atoms with Gasteiger partial charge in [0.25, 0.3) is 5.91 Å². The van der Waals surface area contributed by atoms with Crippen LogP contribution in [0.25, 0.3) is 10.9 Å². The zero-order valence-electron chi connectivity index (χ0n) is 17.4. The van der Waals surface area contributed by atoms with Gasteiger partial charge in [0, 0.05) is 43.3 Å². The summed E-state index contributed by atoms with van der Waals surface area (Å²) in [6, 6.07) is 11.8. The van der Waals surface area contributed by atoms with Crippen molar-refractivity contribution in [3.63, 3.8) is 0 Å². The number of hydrogen-bond acceptors (Lipinski definition) is 4. The predicted molar refractivity (Wildman–Crippen MR) is 116 cm³/mol. The number of rotatable bonds is 4. The van der Waals surface area contributed by atoms with Crippen LogP contribution >= 0.6 is 0 Å². The third kappa shape index (κ3) is 4.32. The number of nitrogens with zero attached hydrogens (tertiary/aromatic N) is 3. The van der Waals surface area contributed by atoms with Crippen LogP contribution in [0.2, 0.25) is 0 Å². The number of carbonyl (C=O) groups is 2. The summed E-state index contributed by atoms with van der Waals surface area (Å²) in [6.45, 7) is 5.55. The average Bonchev–Trinajstić information content (AvgIpc) is 2.77. The van der Waals surface area contributed by atoms with Crippen LogP contribution < -0.4 is 5.32 Å². The number of piperidine rings is 1. The van der Waals surface area contributed by atoms with Crippen molar-refractivity contribution in [1.82, 2.24) is 20.2 Å². The fraction of sp³-hybridized carbons (Fsp3) is 0.333. The molecule has 0 bridgehead atoms. The van der Waals surface area contributed by atoms with Gasteiger partial charge < -0.3 is 10.2 Å². The van der Waals surface area contributed by atoms with Gasteiger partial charge in [-0.15, -0.1) is 0 Å². The lowest BCUT2D eigenvalue weighted by atomic mass is 9.95. The zero-order valence-corrected chi connectivity index (χ0v) is 17.4. The van der Waals surface area contributed by atoms with Gasteiger partial charge in [0.15, 0.2) is 0 Å². The summed E-state index contributed by atoms with van der Waals surface area (Å²) in [5.41, 5.74) is 4.41. The molecule has 1 fully saturated rings. The molecule has 1 saturated heterocycles. The Balaban J connectivity index is 1.38. The van der Waals surface area contributed by atoms with Gasteiger partial charge in [-0.25, -0.2) is 0 Å². The van der Waals surface area contributed by atoms with E-state index in [9.17, 15) is 9.59 Å². The molecule has 0 spiro atoms. The maximum absolute atomic E-state index is 13.1. The minimum Gasteiger partial charge on any atom is -0.352 e. The van der Waals surface area contributed by atoms with Crippen LogP contribution in [0.4, 0.5) is 0 Å². The Labute approximate surface area is 176 Å². The van der Waals surface area contributed by atoms with Crippen molar-refractivity contribution in [2.45, 2.75) is 33.2 Å². The maximum Gasteiger partial charge on any atom is 0.255 e. The molecule has 4 rings (SSSR count). The highest BCUT2D eigenvalue weighted by Gasteiger charge is 2.28. The molecule has 0 aliphatic carbocycles. The summed E-state index contributed by atoms with van der Waals surface area (Å²) in [7, 11) is 0. The Hall–Kier alpha value is -3.28. The number of amides is 2. The van der Waals surface area contributed by atoms with E-state index in [1.54, 1.807) is 12.4 Å². The first-order chi connectivity index (χ1) is 14.5. The second-order valence-electron chi connectivity index (χ2n) is 7.96. The molecule has 30 heavy (non-hydrogen) atoms. The summed E-state index contributed by atoms with van der Waals surface area (Å²) in [4.78, 5) is 36.1. The van der Waals surface area contributed by atoms with Crippen molar-refractivity contribution < 1.29 is 9.59 Å². The van der Waals surface area contributed by atoms with Crippen molar-refractivity contribution in [2.24, 2.45) is 5.92 Å². The van der Waals surface area contributed by atoms with Gasteiger partial charge in [0.2, 0.25) is 5.91 Å². The van der Waals surface area contributed by atoms with E-state index in [0.717, 1.165) is 27.7 Å². The third-order valence-electron chi connectivity index (χ3n) is 5.73. The summed E-state index contributed by atoms with van der Waals surface area (Å²) in [6.07, 6.45) is 4.81. The van der Waals surface area contributed by atoms with E-state index in [-0.39, 0.29) is 17.7 Å². The van der Waals surface area contributed by atoms with Crippen LogP contribution in [-0.2, 0) is 11.3 Å². The van der Waals surface area contributed by atoms with E-state index in [4.69, 9.17) is 0 Å². The van der Waals surface area contributed by atoms with Gasteiger partial charge in [0.1, 0.15) is 0 Å². The summed E-state index contributed by atoms with van der Waals surface area (Å²) >= 11 is 0. The Morgan fingerprint density at radius 3 is 2.67 bits per heavy atom. The van der Waals surface area contributed by atoms with E-state index < -0.39 is 0 Å². The molecule has 1 aromatic carbocycles. The first-order valence-corrected chi connectivity index (χ1v) is 10.3. The number of pyridine rings is 2. The molecular formula is C24H26N4O2. The number of fused-ring (bicyclic) bond motifs is 1. The van der Waals surface area contributed by atoms with E-state index >= 15 is 0 Å². The molecule has 2 amide bonds. The number of nitrogens with one attached hydrogen (secondary N) is 1. The normalized spacial score (nSPS) is 14.7. The van der Waals surface area contributed by atoms with Gasteiger partial charge in [-0.05, 0) is 56.5 Å². The smallest absolute Gasteiger partial charge is 0.255 e. The summed E-state index contributed by atoms with van der Waals surface area (Å²) in [5, 5.41) is 3.97. The lowest BCUT2D eigenvalue weighted by molar-refractivity contribution is -0.126. The molecule has 2 aromatic heterocycles. The molecule has 1 aliphatic rings. The van der Waals surface area contributed by atoms with E-state index in [2.05, 4.69) is 21.4 Å². The van der Waals surface area contributed by atoms with Gasteiger partial charge >= 0.3 is 0 Å². The zero-order chi connectivity index (χ0) is 21.1. The van der Waals surface area contributed by atoms with Crippen LogP contribution in [0.5, 0.6) is 0 Å². The molecule has 0 radical (unpaired) electrons. The summed E-state index contributed by atoms with van der Waals surface area (Å²) in [5.74, 6) is -0.0215. The standard InChI is InChI=1S/C24H26N4O2/c1-16-5-6-22-20(12-16)13-21(17(2)27-22)24(30)28-10-7-19(8-11-28)23(29)26-15-18-4-3-9-25-14-18/h3-6,9,12-14,19H,7-8,10-11,15H2,1-2H3,(H,26,29). The van der Waals surface area contributed by atoms with Gasteiger partial charge in [-0.2, -0.15) is 0 Å². The minimum absolute atomic E-state index is 0.00220. The van der Waals surface area contributed by atoms with E-state index in [1.807, 2.05) is 49.1 Å². The number of carbonyl (C=O) groups excluding carboxylic acids is 2. The maximum atomic E-state index is 13.1. The molecule has 0 saturated carbocycles.